The number of amidine groups is 1. The van der Waals surface area contributed by atoms with E-state index in [1.54, 1.807) is 25.2 Å². The Labute approximate surface area is 135 Å². The first-order chi connectivity index (χ1) is 11.1. The number of nitrogens with one attached hydrogen (secondary N) is 1. The topological polar surface area (TPSA) is 36.8 Å². The molecule has 2 aromatic carbocycles. The molecule has 0 fully saturated rings. The van der Waals surface area contributed by atoms with Crippen LogP contribution in [0, 0.1) is 18.2 Å². The monoisotopic (exact) mass is 305 g/mol. The van der Waals surface area contributed by atoms with Crippen molar-refractivity contribution < 1.29 is 4.39 Å². The molecule has 0 radical (unpaired) electrons. The SMILES string of the molecule is C#Cc1ccc2c(c1)C(c1ccccc1F)=NC(C)C(NC)=N2. The van der Waals surface area contributed by atoms with Crippen molar-refractivity contribution in [1.29, 1.82) is 0 Å². The Morgan fingerprint density at radius 1 is 1.17 bits per heavy atom. The number of benzene rings is 2. The van der Waals surface area contributed by atoms with Gasteiger partial charge in [-0.25, -0.2) is 9.38 Å². The second-order valence-corrected chi connectivity index (χ2v) is 5.26. The smallest absolute Gasteiger partial charge is 0.132 e. The van der Waals surface area contributed by atoms with Crippen LogP contribution in [0.25, 0.3) is 0 Å². The summed E-state index contributed by atoms with van der Waals surface area (Å²) in [5.41, 5.74) is 3.19. The molecule has 1 unspecified atom stereocenters. The molecule has 1 heterocycles. The highest BCUT2D eigenvalue weighted by Gasteiger charge is 2.22. The van der Waals surface area contributed by atoms with Crippen molar-refractivity contribution in [1.82, 2.24) is 5.32 Å². The maximum Gasteiger partial charge on any atom is 0.132 e. The van der Waals surface area contributed by atoms with E-state index in [4.69, 9.17) is 11.4 Å². The van der Waals surface area contributed by atoms with Crippen LogP contribution in [-0.4, -0.2) is 24.6 Å². The molecule has 1 atom stereocenters. The minimum atomic E-state index is -0.316. The van der Waals surface area contributed by atoms with Gasteiger partial charge in [0, 0.05) is 23.7 Å². The summed E-state index contributed by atoms with van der Waals surface area (Å²) in [7, 11) is 1.80. The zero-order valence-corrected chi connectivity index (χ0v) is 13.0. The third kappa shape index (κ3) is 2.74. The highest BCUT2D eigenvalue weighted by atomic mass is 19.1. The van der Waals surface area contributed by atoms with Crippen LogP contribution in [0.5, 0.6) is 0 Å². The van der Waals surface area contributed by atoms with E-state index in [1.807, 2.05) is 25.1 Å². The maximum absolute atomic E-state index is 14.3. The van der Waals surface area contributed by atoms with Crippen molar-refractivity contribution in [2.75, 3.05) is 7.05 Å². The molecule has 4 heteroatoms. The Bertz CT molecular complexity index is 859. The molecule has 0 saturated carbocycles. The number of fused-ring (bicyclic) bond motifs is 1. The van der Waals surface area contributed by atoms with E-state index in [1.165, 1.54) is 6.07 Å². The molecule has 3 nitrogen and oxygen atoms in total. The third-order valence-electron chi connectivity index (χ3n) is 3.76. The Balaban J connectivity index is 2.29. The molecule has 23 heavy (non-hydrogen) atoms. The molecule has 1 aliphatic rings. The molecule has 0 saturated heterocycles. The van der Waals surface area contributed by atoms with Crippen LogP contribution in [0.4, 0.5) is 10.1 Å². The van der Waals surface area contributed by atoms with Crippen molar-refractivity contribution >= 4 is 17.2 Å². The highest BCUT2D eigenvalue weighted by molar-refractivity contribution is 6.18. The Morgan fingerprint density at radius 3 is 2.65 bits per heavy atom. The lowest BCUT2D eigenvalue weighted by atomic mass is 9.98. The zero-order valence-electron chi connectivity index (χ0n) is 13.0. The second-order valence-electron chi connectivity index (χ2n) is 5.26. The highest BCUT2D eigenvalue weighted by Crippen LogP contribution is 2.28. The van der Waals surface area contributed by atoms with Crippen molar-refractivity contribution in [3.8, 4) is 12.3 Å². The maximum atomic E-state index is 14.3. The fraction of sp³-hybridized carbons (Fsp3) is 0.158. The summed E-state index contributed by atoms with van der Waals surface area (Å²) in [6, 6.07) is 11.9. The normalized spacial score (nSPS) is 16.5. The average molecular weight is 305 g/mol. The van der Waals surface area contributed by atoms with Crippen molar-refractivity contribution in [2.45, 2.75) is 13.0 Å². The van der Waals surface area contributed by atoms with Crippen LogP contribution in [0.15, 0.2) is 52.4 Å². The minimum absolute atomic E-state index is 0.212. The summed E-state index contributed by atoms with van der Waals surface area (Å²) in [6.07, 6.45) is 5.50. The zero-order chi connectivity index (χ0) is 16.4. The summed E-state index contributed by atoms with van der Waals surface area (Å²) in [6.45, 7) is 1.92. The van der Waals surface area contributed by atoms with Gasteiger partial charge in [0.15, 0.2) is 0 Å². The van der Waals surface area contributed by atoms with Crippen molar-refractivity contribution in [2.24, 2.45) is 9.98 Å². The van der Waals surface area contributed by atoms with Gasteiger partial charge in [-0.05, 0) is 37.3 Å². The molecule has 2 aromatic rings. The molecule has 0 aromatic heterocycles. The molecular formula is C19H16FN3. The van der Waals surface area contributed by atoms with Gasteiger partial charge in [-0.3, -0.25) is 4.99 Å². The van der Waals surface area contributed by atoms with Crippen LogP contribution < -0.4 is 5.32 Å². The van der Waals surface area contributed by atoms with E-state index in [9.17, 15) is 4.39 Å². The standard InChI is InChI=1S/C19H16FN3/c1-4-13-9-10-17-15(11-13)18(14-7-5-6-8-16(14)20)22-12(2)19(21-3)23-17/h1,5-12H,2-3H3,(H,21,23). The van der Waals surface area contributed by atoms with E-state index >= 15 is 0 Å². The number of hydrogen-bond donors (Lipinski definition) is 1. The summed E-state index contributed by atoms with van der Waals surface area (Å²) < 4.78 is 14.3. The van der Waals surface area contributed by atoms with Gasteiger partial charge in [0.05, 0.1) is 11.4 Å². The van der Waals surface area contributed by atoms with Gasteiger partial charge >= 0.3 is 0 Å². The number of likely N-dealkylation sites (N-methyl/N-ethyl adjacent to an activating group) is 1. The van der Waals surface area contributed by atoms with Crippen LogP contribution >= 0.6 is 0 Å². The van der Waals surface area contributed by atoms with Crippen LogP contribution in [0.3, 0.4) is 0 Å². The first kappa shape index (κ1) is 15.0. The number of aliphatic imine (C=N–C) groups is 2. The number of hydrogen-bond acceptors (Lipinski definition) is 3. The van der Waals surface area contributed by atoms with Gasteiger partial charge in [-0.2, -0.15) is 0 Å². The Hall–Kier alpha value is -2.93. The van der Waals surface area contributed by atoms with Gasteiger partial charge in [0.2, 0.25) is 0 Å². The lowest BCUT2D eigenvalue weighted by molar-refractivity contribution is 0.625. The van der Waals surface area contributed by atoms with Crippen molar-refractivity contribution in [3.63, 3.8) is 0 Å². The van der Waals surface area contributed by atoms with E-state index in [2.05, 4.69) is 16.2 Å². The number of nitrogens with zero attached hydrogens (tertiary/aromatic N) is 2. The summed E-state index contributed by atoms with van der Waals surface area (Å²) >= 11 is 0. The van der Waals surface area contributed by atoms with E-state index in [-0.39, 0.29) is 11.9 Å². The predicted octanol–water partition coefficient (Wildman–Crippen LogP) is 3.30. The molecule has 3 rings (SSSR count). The Morgan fingerprint density at radius 2 is 1.96 bits per heavy atom. The van der Waals surface area contributed by atoms with Crippen LogP contribution in [0.2, 0.25) is 0 Å². The molecule has 1 N–H and O–H groups in total. The fourth-order valence-corrected chi connectivity index (χ4v) is 2.59. The largest absolute Gasteiger partial charge is 0.375 e. The Kier molecular flexibility index (Phi) is 3.94. The van der Waals surface area contributed by atoms with E-state index in [0.717, 1.165) is 17.1 Å². The van der Waals surface area contributed by atoms with Gasteiger partial charge in [0.25, 0.3) is 0 Å². The molecule has 0 bridgehead atoms. The summed E-state index contributed by atoms with van der Waals surface area (Å²) in [5, 5.41) is 3.06. The molecule has 0 spiro atoms. The first-order valence-electron chi connectivity index (χ1n) is 7.34. The van der Waals surface area contributed by atoms with Crippen LogP contribution in [0.1, 0.15) is 23.6 Å². The van der Waals surface area contributed by atoms with Crippen molar-refractivity contribution in [3.05, 3.63) is 65.0 Å². The van der Waals surface area contributed by atoms with E-state index < -0.39 is 0 Å². The van der Waals surface area contributed by atoms with Gasteiger partial charge in [-0.1, -0.05) is 18.1 Å². The van der Waals surface area contributed by atoms with E-state index in [0.29, 0.717) is 16.8 Å². The predicted molar refractivity (Wildman–Crippen MR) is 92.0 cm³/mol. The summed E-state index contributed by atoms with van der Waals surface area (Å²) in [4.78, 5) is 9.31. The van der Waals surface area contributed by atoms with Gasteiger partial charge < -0.3 is 5.32 Å². The molecule has 114 valence electrons. The molecule has 0 amide bonds. The minimum Gasteiger partial charge on any atom is -0.375 e. The molecule has 0 aliphatic carbocycles. The average Bonchev–Trinajstić information content (AvgIpc) is 2.71. The lowest BCUT2D eigenvalue weighted by Crippen LogP contribution is -2.28. The van der Waals surface area contributed by atoms with Crippen LogP contribution in [-0.2, 0) is 0 Å². The number of rotatable bonds is 1. The summed E-state index contributed by atoms with van der Waals surface area (Å²) in [5.74, 6) is 3.02. The number of terminal acetylenes is 1. The number of halogens is 1. The fourth-order valence-electron chi connectivity index (χ4n) is 2.59. The molecular weight excluding hydrogens is 289 g/mol. The lowest BCUT2D eigenvalue weighted by Gasteiger charge is -2.11. The van der Waals surface area contributed by atoms with Gasteiger partial charge in [0.1, 0.15) is 17.7 Å². The quantitative estimate of drug-likeness (QED) is 0.806. The molecule has 1 aliphatic heterocycles. The van der Waals surface area contributed by atoms with Gasteiger partial charge in [-0.15, -0.1) is 6.42 Å². The second kappa shape index (κ2) is 6.05. The first-order valence-corrected chi connectivity index (χ1v) is 7.34. The third-order valence-corrected chi connectivity index (χ3v) is 3.76.